The number of esters is 2. The minimum atomic E-state index is -0.634. The topological polar surface area (TPSA) is 89.5 Å². The SMILES string of the molecule is CCOC(=O)c1cc2cc(OC)c(OC)cc2c(-c2ccc3c(c2)OCO3)c1C(=O)OCC. The highest BCUT2D eigenvalue weighted by molar-refractivity contribution is 6.16. The molecule has 0 spiro atoms. The van der Waals surface area contributed by atoms with Crippen LogP contribution in [-0.2, 0) is 9.47 Å². The third kappa shape index (κ3) is 4.00. The minimum absolute atomic E-state index is 0.0997. The van der Waals surface area contributed by atoms with Crippen molar-refractivity contribution in [1.82, 2.24) is 0 Å². The molecule has 0 atom stereocenters. The van der Waals surface area contributed by atoms with Crippen molar-refractivity contribution in [3.8, 4) is 34.1 Å². The van der Waals surface area contributed by atoms with Gasteiger partial charge in [-0.25, -0.2) is 9.59 Å². The first-order chi connectivity index (χ1) is 16.0. The Kier molecular flexibility index (Phi) is 6.26. The first-order valence-corrected chi connectivity index (χ1v) is 10.5. The van der Waals surface area contributed by atoms with Crippen molar-refractivity contribution in [3.05, 3.63) is 47.5 Å². The molecule has 0 radical (unpaired) electrons. The maximum atomic E-state index is 13.2. The molecule has 0 saturated carbocycles. The molecular weight excluding hydrogens is 428 g/mol. The lowest BCUT2D eigenvalue weighted by Gasteiger charge is -2.18. The fourth-order valence-corrected chi connectivity index (χ4v) is 3.86. The van der Waals surface area contributed by atoms with Crippen LogP contribution in [0.4, 0.5) is 0 Å². The molecule has 8 heteroatoms. The van der Waals surface area contributed by atoms with E-state index in [2.05, 4.69) is 0 Å². The third-order valence-electron chi connectivity index (χ3n) is 5.28. The van der Waals surface area contributed by atoms with E-state index < -0.39 is 11.9 Å². The summed E-state index contributed by atoms with van der Waals surface area (Å²) < 4.78 is 32.5. The Hall–Kier alpha value is -3.94. The summed E-state index contributed by atoms with van der Waals surface area (Å²) in [6, 6.07) is 10.5. The Balaban J connectivity index is 2.12. The van der Waals surface area contributed by atoms with E-state index in [-0.39, 0.29) is 31.1 Å². The van der Waals surface area contributed by atoms with Crippen LogP contribution in [0.2, 0.25) is 0 Å². The molecule has 33 heavy (non-hydrogen) atoms. The van der Waals surface area contributed by atoms with Gasteiger partial charge in [0.1, 0.15) is 0 Å². The van der Waals surface area contributed by atoms with Crippen molar-refractivity contribution < 1.29 is 38.0 Å². The fraction of sp³-hybridized carbons (Fsp3) is 0.280. The second kappa shape index (κ2) is 9.28. The summed E-state index contributed by atoms with van der Waals surface area (Å²) in [6.45, 7) is 3.82. The van der Waals surface area contributed by atoms with Crippen LogP contribution in [-0.4, -0.2) is 46.2 Å². The molecule has 0 aromatic heterocycles. The van der Waals surface area contributed by atoms with Crippen LogP contribution >= 0.6 is 0 Å². The highest BCUT2D eigenvalue weighted by Crippen LogP contribution is 2.43. The molecule has 4 rings (SSSR count). The molecule has 1 aliphatic heterocycles. The van der Waals surface area contributed by atoms with Gasteiger partial charge in [-0.05, 0) is 60.5 Å². The lowest BCUT2D eigenvalue weighted by Crippen LogP contribution is -2.16. The summed E-state index contributed by atoms with van der Waals surface area (Å²) in [4.78, 5) is 26.1. The molecule has 0 unspecified atom stereocenters. The van der Waals surface area contributed by atoms with Crippen LogP contribution in [0.25, 0.3) is 21.9 Å². The smallest absolute Gasteiger partial charge is 0.339 e. The average molecular weight is 452 g/mol. The summed E-state index contributed by atoms with van der Waals surface area (Å²) in [5, 5.41) is 1.33. The van der Waals surface area contributed by atoms with Crippen LogP contribution in [0.3, 0.4) is 0 Å². The molecule has 0 amide bonds. The number of hydrogen-bond acceptors (Lipinski definition) is 8. The Morgan fingerprint density at radius 2 is 1.52 bits per heavy atom. The molecular formula is C25H24O8. The van der Waals surface area contributed by atoms with Gasteiger partial charge in [-0.1, -0.05) is 6.07 Å². The third-order valence-corrected chi connectivity index (χ3v) is 5.28. The molecule has 1 aliphatic rings. The largest absolute Gasteiger partial charge is 0.493 e. The van der Waals surface area contributed by atoms with E-state index in [1.54, 1.807) is 50.2 Å². The Morgan fingerprint density at radius 1 is 0.848 bits per heavy atom. The van der Waals surface area contributed by atoms with Crippen molar-refractivity contribution >= 4 is 22.7 Å². The fourth-order valence-electron chi connectivity index (χ4n) is 3.86. The van der Waals surface area contributed by atoms with Crippen LogP contribution < -0.4 is 18.9 Å². The maximum absolute atomic E-state index is 13.2. The quantitative estimate of drug-likeness (QED) is 0.480. The van der Waals surface area contributed by atoms with Gasteiger partial charge in [-0.15, -0.1) is 0 Å². The van der Waals surface area contributed by atoms with Crippen LogP contribution in [0.1, 0.15) is 34.6 Å². The first kappa shape index (κ1) is 22.3. The van der Waals surface area contributed by atoms with E-state index in [1.807, 2.05) is 0 Å². The number of benzene rings is 3. The molecule has 0 saturated heterocycles. The van der Waals surface area contributed by atoms with Gasteiger partial charge in [0, 0.05) is 5.56 Å². The monoisotopic (exact) mass is 452 g/mol. The number of hydrogen-bond donors (Lipinski definition) is 0. The number of fused-ring (bicyclic) bond motifs is 2. The predicted octanol–water partition coefficient (Wildman–Crippen LogP) is 4.61. The van der Waals surface area contributed by atoms with Gasteiger partial charge in [-0.3, -0.25) is 0 Å². The molecule has 1 heterocycles. The lowest BCUT2D eigenvalue weighted by molar-refractivity contribution is 0.0480. The molecule has 0 N–H and O–H groups in total. The predicted molar refractivity (Wildman–Crippen MR) is 121 cm³/mol. The van der Waals surface area contributed by atoms with Gasteiger partial charge in [0.25, 0.3) is 0 Å². The minimum Gasteiger partial charge on any atom is -0.493 e. The second-order valence-corrected chi connectivity index (χ2v) is 7.11. The standard InChI is InChI=1S/C25H24O8/c1-5-30-24(26)17-9-15-11-19(28-3)20(29-4)12-16(15)22(23(17)25(27)31-6-2)14-7-8-18-21(10-14)33-13-32-18/h7-12H,5-6,13H2,1-4H3. The van der Waals surface area contributed by atoms with E-state index in [0.717, 1.165) is 0 Å². The summed E-state index contributed by atoms with van der Waals surface area (Å²) >= 11 is 0. The zero-order chi connectivity index (χ0) is 23.5. The number of rotatable bonds is 7. The van der Waals surface area contributed by atoms with Crippen molar-refractivity contribution in [2.24, 2.45) is 0 Å². The van der Waals surface area contributed by atoms with Crippen molar-refractivity contribution in [2.75, 3.05) is 34.2 Å². The molecule has 3 aromatic carbocycles. The molecule has 3 aromatic rings. The van der Waals surface area contributed by atoms with E-state index in [4.69, 9.17) is 28.4 Å². The summed E-state index contributed by atoms with van der Waals surface area (Å²) in [6.07, 6.45) is 0. The van der Waals surface area contributed by atoms with E-state index >= 15 is 0 Å². The Labute approximate surface area is 190 Å². The van der Waals surface area contributed by atoms with Gasteiger partial charge in [-0.2, -0.15) is 0 Å². The zero-order valence-electron chi connectivity index (χ0n) is 18.9. The van der Waals surface area contributed by atoms with Crippen molar-refractivity contribution in [2.45, 2.75) is 13.8 Å². The number of carbonyl (C=O) groups excluding carboxylic acids is 2. The van der Waals surface area contributed by atoms with Crippen molar-refractivity contribution in [3.63, 3.8) is 0 Å². The number of methoxy groups -OCH3 is 2. The lowest BCUT2D eigenvalue weighted by atomic mass is 9.89. The molecule has 0 bridgehead atoms. The zero-order valence-corrected chi connectivity index (χ0v) is 18.9. The van der Waals surface area contributed by atoms with E-state index in [1.165, 1.54) is 14.2 Å². The average Bonchev–Trinajstić information content (AvgIpc) is 3.30. The molecule has 8 nitrogen and oxygen atoms in total. The van der Waals surface area contributed by atoms with E-state index in [0.29, 0.717) is 44.9 Å². The van der Waals surface area contributed by atoms with Gasteiger partial charge in [0.15, 0.2) is 23.0 Å². The molecule has 172 valence electrons. The van der Waals surface area contributed by atoms with Crippen LogP contribution in [0.5, 0.6) is 23.0 Å². The van der Waals surface area contributed by atoms with Gasteiger partial charge in [0.05, 0.1) is 38.6 Å². The summed E-state index contributed by atoms with van der Waals surface area (Å²) in [5.74, 6) is 0.842. The van der Waals surface area contributed by atoms with Crippen molar-refractivity contribution in [1.29, 1.82) is 0 Å². The summed E-state index contributed by atoms with van der Waals surface area (Å²) in [5.41, 5.74) is 1.34. The van der Waals surface area contributed by atoms with Crippen LogP contribution in [0, 0.1) is 0 Å². The normalized spacial score (nSPS) is 11.9. The highest BCUT2D eigenvalue weighted by atomic mass is 16.7. The van der Waals surface area contributed by atoms with Gasteiger partial charge in [0.2, 0.25) is 6.79 Å². The Bertz CT molecular complexity index is 1230. The van der Waals surface area contributed by atoms with E-state index in [9.17, 15) is 9.59 Å². The van der Waals surface area contributed by atoms with Gasteiger partial charge >= 0.3 is 11.9 Å². The number of carbonyl (C=O) groups is 2. The highest BCUT2D eigenvalue weighted by Gasteiger charge is 2.28. The first-order valence-electron chi connectivity index (χ1n) is 10.5. The van der Waals surface area contributed by atoms with Gasteiger partial charge < -0.3 is 28.4 Å². The maximum Gasteiger partial charge on any atom is 0.339 e. The molecule has 0 fully saturated rings. The molecule has 0 aliphatic carbocycles. The Morgan fingerprint density at radius 3 is 2.21 bits per heavy atom. The van der Waals surface area contributed by atoms with Crippen LogP contribution in [0.15, 0.2) is 36.4 Å². The number of ether oxygens (including phenoxy) is 6. The second-order valence-electron chi connectivity index (χ2n) is 7.11. The summed E-state index contributed by atoms with van der Waals surface area (Å²) in [7, 11) is 3.06.